The maximum Gasteiger partial charge on any atom is 0.409 e. The molecule has 0 aromatic carbocycles. The van der Waals surface area contributed by atoms with Crippen LogP contribution >= 0.6 is 0 Å². The lowest BCUT2D eigenvalue weighted by Gasteiger charge is -2.33. The highest BCUT2D eigenvalue weighted by Crippen LogP contribution is 2.19. The standard InChI is InChI=1S/C11H20FNO5S/c1-3-4-7-17-11(14)13-6-5-10(9(12)8-13)18-19(2,15)16/h9-10H,3-8H2,1-2H3. The lowest BCUT2D eigenvalue weighted by Crippen LogP contribution is -2.48. The Balaban J connectivity index is 2.42. The zero-order valence-corrected chi connectivity index (χ0v) is 12.0. The van der Waals surface area contributed by atoms with Crippen molar-refractivity contribution in [2.24, 2.45) is 0 Å². The number of hydrogen-bond acceptors (Lipinski definition) is 5. The van der Waals surface area contributed by atoms with E-state index < -0.39 is 28.5 Å². The van der Waals surface area contributed by atoms with Gasteiger partial charge in [-0.2, -0.15) is 8.42 Å². The predicted octanol–water partition coefficient (Wildman–Crippen LogP) is 1.31. The van der Waals surface area contributed by atoms with E-state index in [1.165, 1.54) is 4.90 Å². The first-order valence-corrected chi connectivity index (χ1v) is 8.09. The molecule has 1 aliphatic rings. The monoisotopic (exact) mass is 297 g/mol. The molecule has 0 aromatic heterocycles. The lowest BCUT2D eigenvalue weighted by atomic mass is 10.1. The van der Waals surface area contributed by atoms with E-state index in [2.05, 4.69) is 4.18 Å². The van der Waals surface area contributed by atoms with Gasteiger partial charge in [-0.15, -0.1) is 0 Å². The van der Waals surface area contributed by atoms with Crippen molar-refractivity contribution >= 4 is 16.2 Å². The number of ether oxygens (including phenoxy) is 1. The number of rotatable bonds is 5. The Bertz CT molecular complexity index is 400. The Morgan fingerprint density at radius 2 is 2.16 bits per heavy atom. The summed E-state index contributed by atoms with van der Waals surface area (Å²) in [6.07, 6.45) is -0.421. The molecular weight excluding hydrogens is 277 g/mol. The second-order valence-electron chi connectivity index (χ2n) is 4.56. The average Bonchev–Trinajstić information content (AvgIpc) is 2.30. The van der Waals surface area contributed by atoms with Crippen molar-refractivity contribution in [1.82, 2.24) is 4.90 Å². The van der Waals surface area contributed by atoms with Gasteiger partial charge in [-0.3, -0.25) is 4.18 Å². The van der Waals surface area contributed by atoms with Crippen LogP contribution in [0.2, 0.25) is 0 Å². The number of unbranched alkanes of at least 4 members (excludes halogenated alkanes) is 1. The average molecular weight is 297 g/mol. The highest BCUT2D eigenvalue weighted by molar-refractivity contribution is 7.86. The summed E-state index contributed by atoms with van der Waals surface area (Å²) in [7, 11) is -3.69. The van der Waals surface area contributed by atoms with Crippen LogP contribution in [-0.2, 0) is 19.0 Å². The van der Waals surface area contributed by atoms with Gasteiger partial charge in [-0.25, -0.2) is 9.18 Å². The second kappa shape index (κ2) is 7.04. The van der Waals surface area contributed by atoms with Crippen molar-refractivity contribution in [3.05, 3.63) is 0 Å². The van der Waals surface area contributed by atoms with E-state index in [9.17, 15) is 17.6 Å². The lowest BCUT2D eigenvalue weighted by molar-refractivity contribution is 0.0196. The minimum atomic E-state index is -3.69. The van der Waals surface area contributed by atoms with Gasteiger partial charge in [0.1, 0.15) is 12.3 Å². The first-order chi connectivity index (χ1) is 8.83. The van der Waals surface area contributed by atoms with Gasteiger partial charge in [-0.05, 0) is 12.8 Å². The Kier molecular flexibility index (Phi) is 5.99. The summed E-state index contributed by atoms with van der Waals surface area (Å²) in [4.78, 5) is 12.8. The van der Waals surface area contributed by atoms with Crippen molar-refractivity contribution in [3.63, 3.8) is 0 Å². The molecule has 0 bridgehead atoms. The molecule has 0 spiro atoms. The number of carbonyl (C=O) groups excluding carboxylic acids is 1. The van der Waals surface area contributed by atoms with E-state index in [4.69, 9.17) is 4.74 Å². The molecule has 0 N–H and O–H groups in total. The van der Waals surface area contributed by atoms with Gasteiger partial charge in [0, 0.05) is 6.54 Å². The van der Waals surface area contributed by atoms with Crippen LogP contribution in [0.4, 0.5) is 9.18 Å². The van der Waals surface area contributed by atoms with Crippen molar-refractivity contribution in [2.75, 3.05) is 26.0 Å². The number of halogens is 1. The molecule has 0 aromatic rings. The van der Waals surface area contributed by atoms with Crippen LogP contribution in [0.5, 0.6) is 0 Å². The van der Waals surface area contributed by atoms with Crippen LogP contribution in [0.3, 0.4) is 0 Å². The molecule has 1 fully saturated rings. The van der Waals surface area contributed by atoms with Crippen molar-refractivity contribution in [2.45, 2.75) is 38.5 Å². The fourth-order valence-electron chi connectivity index (χ4n) is 1.78. The summed E-state index contributed by atoms with van der Waals surface area (Å²) in [6, 6.07) is 0. The van der Waals surface area contributed by atoms with Crippen molar-refractivity contribution in [1.29, 1.82) is 0 Å². The SMILES string of the molecule is CCCCOC(=O)N1CCC(OS(C)(=O)=O)C(F)C1. The topological polar surface area (TPSA) is 72.9 Å². The number of amides is 1. The van der Waals surface area contributed by atoms with Crippen LogP contribution in [0.25, 0.3) is 0 Å². The summed E-state index contributed by atoms with van der Waals surface area (Å²) in [5, 5.41) is 0. The van der Waals surface area contributed by atoms with E-state index in [1.54, 1.807) is 0 Å². The smallest absolute Gasteiger partial charge is 0.409 e. The number of alkyl halides is 1. The summed E-state index contributed by atoms with van der Waals surface area (Å²) in [6.45, 7) is 2.31. The maximum atomic E-state index is 13.7. The zero-order chi connectivity index (χ0) is 14.5. The van der Waals surface area contributed by atoms with Crippen LogP contribution in [-0.4, -0.2) is 57.6 Å². The maximum absolute atomic E-state index is 13.7. The van der Waals surface area contributed by atoms with Crippen molar-refractivity contribution in [3.8, 4) is 0 Å². The molecule has 1 amide bonds. The summed E-state index contributed by atoms with van der Waals surface area (Å²) in [5.41, 5.74) is 0. The Morgan fingerprint density at radius 3 is 2.68 bits per heavy atom. The number of piperidine rings is 1. The molecular formula is C11H20FNO5S. The molecule has 2 unspecified atom stereocenters. The van der Waals surface area contributed by atoms with Crippen LogP contribution in [0.1, 0.15) is 26.2 Å². The number of likely N-dealkylation sites (tertiary alicyclic amines) is 1. The summed E-state index contributed by atoms with van der Waals surface area (Å²) < 4.78 is 45.2. The fourth-order valence-corrected chi connectivity index (χ4v) is 2.44. The van der Waals surface area contributed by atoms with E-state index in [-0.39, 0.29) is 19.5 Å². The molecule has 2 atom stereocenters. The third-order valence-corrected chi connectivity index (χ3v) is 3.36. The fraction of sp³-hybridized carbons (Fsp3) is 0.909. The third-order valence-electron chi connectivity index (χ3n) is 2.76. The van der Waals surface area contributed by atoms with Gasteiger partial charge in [0.15, 0.2) is 0 Å². The van der Waals surface area contributed by atoms with Crippen LogP contribution in [0, 0.1) is 0 Å². The Morgan fingerprint density at radius 1 is 1.47 bits per heavy atom. The van der Waals surface area contributed by atoms with E-state index in [0.717, 1.165) is 19.1 Å². The number of nitrogens with zero attached hydrogens (tertiary/aromatic N) is 1. The summed E-state index contributed by atoms with van der Waals surface area (Å²) >= 11 is 0. The highest BCUT2D eigenvalue weighted by atomic mass is 32.2. The third kappa shape index (κ3) is 5.73. The Labute approximate surface area is 113 Å². The van der Waals surface area contributed by atoms with E-state index in [1.807, 2.05) is 6.92 Å². The second-order valence-corrected chi connectivity index (χ2v) is 6.16. The molecule has 1 saturated heterocycles. The Hall–Kier alpha value is -0.890. The predicted molar refractivity (Wildman–Crippen MR) is 67.1 cm³/mol. The minimum Gasteiger partial charge on any atom is -0.449 e. The first-order valence-electron chi connectivity index (χ1n) is 6.27. The number of carbonyl (C=O) groups is 1. The quantitative estimate of drug-likeness (QED) is 0.565. The van der Waals surface area contributed by atoms with Gasteiger partial charge in [0.2, 0.25) is 0 Å². The van der Waals surface area contributed by atoms with Crippen molar-refractivity contribution < 1.29 is 26.5 Å². The molecule has 112 valence electrons. The number of hydrogen-bond donors (Lipinski definition) is 0. The molecule has 1 rings (SSSR count). The molecule has 19 heavy (non-hydrogen) atoms. The van der Waals surface area contributed by atoms with Crippen LogP contribution < -0.4 is 0 Å². The van der Waals surface area contributed by atoms with E-state index in [0.29, 0.717) is 6.61 Å². The molecule has 6 nitrogen and oxygen atoms in total. The molecule has 8 heteroatoms. The highest BCUT2D eigenvalue weighted by Gasteiger charge is 2.34. The molecule has 1 aliphatic heterocycles. The first kappa shape index (κ1) is 16.2. The minimum absolute atomic E-state index is 0.136. The van der Waals surface area contributed by atoms with Crippen LogP contribution in [0.15, 0.2) is 0 Å². The molecule has 0 saturated carbocycles. The summed E-state index contributed by atoms with van der Waals surface area (Å²) in [5.74, 6) is 0. The molecule has 1 heterocycles. The molecule has 0 radical (unpaired) electrons. The molecule has 0 aliphatic carbocycles. The van der Waals surface area contributed by atoms with Gasteiger partial charge >= 0.3 is 6.09 Å². The van der Waals surface area contributed by atoms with E-state index >= 15 is 0 Å². The van der Waals surface area contributed by atoms with Gasteiger partial charge in [-0.1, -0.05) is 13.3 Å². The largest absolute Gasteiger partial charge is 0.449 e. The van der Waals surface area contributed by atoms with Gasteiger partial charge in [0.25, 0.3) is 10.1 Å². The zero-order valence-electron chi connectivity index (χ0n) is 11.2. The van der Waals surface area contributed by atoms with Gasteiger partial charge in [0.05, 0.1) is 19.4 Å². The normalized spacial score (nSPS) is 24.3. The van der Waals surface area contributed by atoms with Gasteiger partial charge < -0.3 is 9.64 Å².